The normalized spacial score (nSPS) is 10.7. The molecule has 0 aromatic carbocycles. The van der Waals surface area contributed by atoms with Crippen LogP contribution in [0.1, 0.15) is 10.6 Å². The highest BCUT2D eigenvalue weighted by Crippen LogP contribution is 2.05. The van der Waals surface area contributed by atoms with Gasteiger partial charge in [-0.2, -0.15) is 4.52 Å². The molecule has 0 aliphatic carbocycles. The van der Waals surface area contributed by atoms with Crippen LogP contribution in [0, 0.1) is 0 Å². The second-order valence-corrected chi connectivity index (χ2v) is 3.22. The van der Waals surface area contributed by atoms with Gasteiger partial charge < -0.3 is 4.74 Å². The molecule has 18 heavy (non-hydrogen) atoms. The molecular weight excluding hydrogens is 240 g/mol. The van der Waals surface area contributed by atoms with Crippen molar-refractivity contribution in [2.45, 2.75) is 0 Å². The number of rotatable bonds is 2. The van der Waals surface area contributed by atoms with E-state index >= 15 is 0 Å². The Bertz CT molecular complexity index is 717. The van der Waals surface area contributed by atoms with Crippen LogP contribution in [-0.4, -0.2) is 52.9 Å². The Balaban J connectivity index is 2.12. The summed E-state index contributed by atoms with van der Waals surface area (Å²) in [6.45, 7) is 0. The van der Waals surface area contributed by atoms with E-state index < -0.39 is 5.97 Å². The number of carbonyl (C=O) groups is 1. The first-order valence-electron chi connectivity index (χ1n) is 4.82. The monoisotopic (exact) mass is 246 g/mol. The molecule has 0 fully saturated rings. The van der Waals surface area contributed by atoms with Crippen molar-refractivity contribution < 1.29 is 9.53 Å². The number of hydrogen-bond donors (Lipinski definition) is 0. The lowest BCUT2D eigenvalue weighted by molar-refractivity contribution is 0.0587. The Kier molecular flexibility index (Phi) is 2.19. The molecule has 3 aromatic heterocycles. The number of ether oxygens (including phenoxy) is 1. The average molecular weight is 246 g/mol. The number of esters is 1. The van der Waals surface area contributed by atoms with E-state index in [1.165, 1.54) is 35.0 Å². The first kappa shape index (κ1) is 10.3. The highest BCUT2D eigenvalue weighted by Gasteiger charge is 2.14. The van der Waals surface area contributed by atoms with Crippen molar-refractivity contribution in [1.82, 2.24) is 39.8 Å². The highest BCUT2D eigenvalue weighted by atomic mass is 16.5. The molecule has 3 heterocycles. The van der Waals surface area contributed by atoms with Gasteiger partial charge in [0, 0.05) is 0 Å². The number of carbonyl (C=O) groups excluding carboxylic acids is 1. The predicted molar refractivity (Wildman–Crippen MR) is 54.8 cm³/mol. The molecule has 0 unspecified atom stereocenters. The standard InChI is InChI=1S/C8H6N8O2/c1-18-8(17)7-10-4-15(12-7)6-3-9-2-5-11-13-14-16(5)6/h2-4H,1H3. The minimum absolute atomic E-state index is 0.0532. The summed E-state index contributed by atoms with van der Waals surface area (Å²) >= 11 is 0. The third-order valence-corrected chi connectivity index (χ3v) is 2.19. The maximum Gasteiger partial charge on any atom is 0.377 e. The molecule has 0 saturated heterocycles. The summed E-state index contributed by atoms with van der Waals surface area (Å²) in [6, 6.07) is 0. The fourth-order valence-electron chi connectivity index (χ4n) is 1.38. The number of tetrazole rings is 1. The van der Waals surface area contributed by atoms with E-state index in [0.717, 1.165) is 0 Å². The van der Waals surface area contributed by atoms with Gasteiger partial charge in [-0.05, 0) is 10.4 Å². The fourth-order valence-corrected chi connectivity index (χ4v) is 1.38. The van der Waals surface area contributed by atoms with Gasteiger partial charge in [0.15, 0.2) is 11.5 Å². The summed E-state index contributed by atoms with van der Waals surface area (Å²) in [6.07, 6.45) is 4.35. The largest absolute Gasteiger partial charge is 0.463 e. The molecule has 0 amide bonds. The number of nitrogens with zero attached hydrogens (tertiary/aromatic N) is 8. The zero-order chi connectivity index (χ0) is 12.5. The van der Waals surface area contributed by atoms with Crippen LogP contribution in [-0.2, 0) is 4.74 Å². The van der Waals surface area contributed by atoms with Gasteiger partial charge in [-0.15, -0.1) is 10.2 Å². The van der Waals surface area contributed by atoms with Crippen LogP contribution in [0.15, 0.2) is 18.7 Å². The van der Waals surface area contributed by atoms with Crippen LogP contribution in [0.4, 0.5) is 0 Å². The number of fused-ring (bicyclic) bond motifs is 1. The van der Waals surface area contributed by atoms with Crippen LogP contribution >= 0.6 is 0 Å². The van der Waals surface area contributed by atoms with Crippen molar-refractivity contribution in [2.75, 3.05) is 7.11 Å². The molecule has 0 bridgehead atoms. The summed E-state index contributed by atoms with van der Waals surface area (Å²) in [5, 5.41) is 15.0. The molecule has 10 heteroatoms. The Hall–Kier alpha value is -2.91. The molecule has 0 atom stereocenters. The summed E-state index contributed by atoms with van der Waals surface area (Å²) < 4.78 is 7.27. The van der Waals surface area contributed by atoms with E-state index in [2.05, 4.69) is 35.3 Å². The van der Waals surface area contributed by atoms with Crippen molar-refractivity contribution in [3.8, 4) is 5.82 Å². The van der Waals surface area contributed by atoms with Gasteiger partial charge in [0.05, 0.1) is 19.5 Å². The molecule has 0 saturated carbocycles. The van der Waals surface area contributed by atoms with Crippen LogP contribution in [0.25, 0.3) is 11.5 Å². The Morgan fingerprint density at radius 3 is 3.11 bits per heavy atom. The van der Waals surface area contributed by atoms with Crippen molar-refractivity contribution in [2.24, 2.45) is 0 Å². The number of hydrogen-bond acceptors (Lipinski definition) is 8. The highest BCUT2D eigenvalue weighted by molar-refractivity contribution is 5.84. The summed E-state index contributed by atoms with van der Waals surface area (Å²) in [5.74, 6) is -0.215. The molecule has 0 spiro atoms. The molecule has 0 N–H and O–H groups in total. The van der Waals surface area contributed by atoms with E-state index in [1.807, 2.05) is 0 Å². The van der Waals surface area contributed by atoms with Gasteiger partial charge in [0.25, 0.3) is 5.82 Å². The lowest BCUT2D eigenvalue weighted by Gasteiger charge is -2.00. The van der Waals surface area contributed by atoms with Crippen LogP contribution in [0.5, 0.6) is 0 Å². The zero-order valence-corrected chi connectivity index (χ0v) is 9.13. The second-order valence-electron chi connectivity index (χ2n) is 3.22. The van der Waals surface area contributed by atoms with Gasteiger partial charge in [-0.1, -0.05) is 0 Å². The third-order valence-electron chi connectivity index (χ3n) is 2.19. The van der Waals surface area contributed by atoms with Crippen LogP contribution < -0.4 is 0 Å². The lowest BCUT2D eigenvalue weighted by atomic mass is 10.6. The minimum Gasteiger partial charge on any atom is -0.463 e. The van der Waals surface area contributed by atoms with Gasteiger partial charge in [-0.3, -0.25) is 4.98 Å². The SMILES string of the molecule is COC(=O)c1ncn(-c2cncc3nnnn23)n1. The molecule has 90 valence electrons. The molecular formula is C8H6N8O2. The van der Waals surface area contributed by atoms with Gasteiger partial charge in [-0.25, -0.2) is 14.5 Å². The second kappa shape index (κ2) is 3.84. The quantitative estimate of drug-likeness (QED) is 0.523. The molecule has 0 aliphatic heterocycles. The summed E-state index contributed by atoms with van der Waals surface area (Å²) in [5.41, 5.74) is 0.461. The van der Waals surface area contributed by atoms with Crippen molar-refractivity contribution in [3.63, 3.8) is 0 Å². The summed E-state index contributed by atoms with van der Waals surface area (Å²) in [7, 11) is 1.26. The third kappa shape index (κ3) is 1.47. The number of methoxy groups -OCH3 is 1. The van der Waals surface area contributed by atoms with Crippen molar-refractivity contribution in [3.05, 3.63) is 24.5 Å². The summed E-state index contributed by atoms with van der Waals surface area (Å²) in [4.78, 5) is 19.0. The van der Waals surface area contributed by atoms with Crippen LogP contribution in [0.3, 0.4) is 0 Å². The topological polar surface area (TPSA) is 113 Å². The number of aromatic nitrogens is 8. The Morgan fingerprint density at radius 2 is 2.28 bits per heavy atom. The van der Waals surface area contributed by atoms with E-state index in [4.69, 9.17) is 0 Å². The Morgan fingerprint density at radius 1 is 1.39 bits per heavy atom. The molecule has 3 rings (SSSR count). The molecule has 0 radical (unpaired) electrons. The predicted octanol–water partition coefficient (Wildman–Crippen LogP) is -1.11. The van der Waals surface area contributed by atoms with E-state index in [0.29, 0.717) is 11.5 Å². The van der Waals surface area contributed by atoms with Crippen LogP contribution in [0.2, 0.25) is 0 Å². The first-order valence-corrected chi connectivity index (χ1v) is 4.82. The molecule has 10 nitrogen and oxygen atoms in total. The van der Waals surface area contributed by atoms with Gasteiger partial charge >= 0.3 is 5.97 Å². The minimum atomic E-state index is -0.620. The van der Waals surface area contributed by atoms with E-state index in [1.54, 1.807) is 0 Å². The smallest absolute Gasteiger partial charge is 0.377 e. The maximum atomic E-state index is 11.2. The fraction of sp³-hybridized carbons (Fsp3) is 0.125. The lowest BCUT2D eigenvalue weighted by Crippen LogP contribution is -2.08. The van der Waals surface area contributed by atoms with Crippen molar-refractivity contribution in [1.29, 1.82) is 0 Å². The Labute approximate surface area is 99.2 Å². The zero-order valence-electron chi connectivity index (χ0n) is 9.13. The molecule has 3 aromatic rings. The van der Waals surface area contributed by atoms with Gasteiger partial charge in [0.2, 0.25) is 0 Å². The first-order chi connectivity index (χ1) is 8.79. The molecule has 0 aliphatic rings. The van der Waals surface area contributed by atoms with E-state index in [9.17, 15) is 4.79 Å². The average Bonchev–Trinajstić information content (AvgIpc) is 3.05. The maximum absolute atomic E-state index is 11.2. The van der Waals surface area contributed by atoms with E-state index in [-0.39, 0.29) is 5.82 Å². The van der Waals surface area contributed by atoms with Gasteiger partial charge in [0.1, 0.15) is 6.33 Å². The van der Waals surface area contributed by atoms with Crippen molar-refractivity contribution >= 4 is 11.6 Å².